The molecule has 0 unspecified atom stereocenters. The Kier molecular flexibility index (Phi) is 6.87. The van der Waals surface area contributed by atoms with E-state index in [2.05, 4.69) is 23.8 Å². The van der Waals surface area contributed by atoms with E-state index < -0.39 is 23.8 Å². The minimum Gasteiger partial charge on any atom is -0.478 e. The number of rotatable bonds is 8. The van der Waals surface area contributed by atoms with Crippen molar-refractivity contribution < 1.29 is 29.4 Å². The fraction of sp³-hybridized carbons (Fsp3) is 0. The largest absolute Gasteiger partial charge is 0.478 e. The highest BCUT2D eigenvalue weighted by atomic mass is 16.4. The van der Waals surface area contributed by atoms with Gasteiger partial charge in [-0.25, -0.2) is 9.59 Å². The Bertz CT molecular complexity index is 2070. The summed E-state index contributed by atoms with van der Waals surface area (Å²) < 4.78 is 0. The van der Waals surface area contributed by atoms with Gasteiger partial charge in [-0.05, 0) is 57.6 Å². The van der Waals surface area contributed by atoms with Gasteiger partial charge in [0.2, 0.25) is 0 Å². The topological polar surface area (TPSA) is 133 Å². The van der Waals surface area contributed by atoms with E-state index in [9.17, 15) is 29.4 Å². The van der Waals surface area contributed by atoms with Gasteiger partial charge in [-0.1, -0.05) is 79.9 Å². The summed E-state index contributed by atoms with van der Waals surface area (Å²) in [6, 6.07) is 23.7. The first-order chi connectivity index (χ1) is 21.2. The smallest absolute Gasteiger partial charge is 0.336 e. The maximum Gasteiger partial charge on any atom is 0.336 e. The van der Waals surface area contributed by atoms with E-state index in [0.29, 0.717) is 33.3 Å². The molecule has 4 N–H and O–H groups in total. The van der Waals surface area contributed by atoms with Crippen molar-refractivity contribution in [3.8, 4) is 0 Å². The van der Waals surface area contributed by atoms with Crippen molar-refractivity contribution in [1.29, 1.82) is 0 Å². The van der Waals surface area contributed by atoms with Gasteiger partial charge in [0, 0.05) is 16.2 Å². The van der Waals surface area contributed by atoms with Gasteiger partial charge in [0.15, 0.2) is 0 Å². The second kappa shape index (κ2) is 10.8. The number of carbonyl (C=O) groups excluding carboxylic acids is 2. The molecule has 0 saturated carbocycles. The maximum absolute atomic E-state index is 13.6. The first-order valence-electron chi connectivity index (χ1n) is 13.5. The predicted molar refractivity (Wildman–Crippen MR) is 173 cm³/mol. The number of carboxylic acid groups (broad SMARTS) is 2. The van der Waals surface area contributed by atoms with Crippen molar-refractivity contribution >= 4 is 79.6 Å². The summed E-state index contributed by atoms with van der Waals surface area (Å²) in [5, 5.41) is 30.1. The number of carboxylic acids is 2. The predicted octanol–water partition coefficient (Wildman–Crippen LogP) is 7.77. The van der Waals surface area contributed by atoms with Gasteiger partial charge in [-0.3, -0.25) is 9.59 Å². The van der Waals surface area contributed by atoms with Gasteiger partial charge in [-0.2, -0.15) is 0 Å². The Morgan fingerprint density at radius 1 is 0.545 bits per heavy atom. The number of benzene rings is 6. The molecule has 0 aliphatic heterocycles. The molecule has 8 nitrogen and oxygen atoms in total. The lowest BCUT2D eigenvalue weighted by Gasteiger charge is -2.19. The minimum atomic E-state index is -1.26. The summed E-state index contributed by atoms with van der Waals surface area (Å²) in [6.45, 7) is 7.42. The zero-order valence-corrected chi connectivity index (χ0v) is 23.2. The van der Waals surface area contributed by atoms with Crippen molar-refractivity contribution in [2.45, 2.75) is 0 Å². The lowest BCUT2D eigenvalue weighted by Crippen LogP contribution is -2.19. The minimum absolute atomic E-state index is 0.0569. The van der Waals surface area contributed by atoms with E-state index >= 15 is 0 Å². The summed E-state index contributed by atoms with van der Waals surface area (Å²) in [4.78, 5) is 51.2. The van der Waals surface area contributed by atoms with Gasteiger partial charge in [0.1, 0.15) is 0 Å². The Labute approximate surface area is 250 Å². The molecular formula is C36H24N2O6. The van der Waals surface area contributed by atoms with Crippen LogP contribution in [0.5, 0.6) is 0 Å². The summed E-state index contributed by atoms with van der Waals surface area (Å²) in [5.41, 5.74) is 1.32. The molecule has 2 amide bonds. The van der Waals surface area contributed by atoms with Crippen molar-refractivity contribution in [3.63, 3.8) is 0 Å². The molecule has 0 aromatic heterocycles. The maximum atomic E-state index is 13.6. The van der Waals surface area contributed by atoms with E-state index in [1.807, 2.05) is 42.5 Å². The van der Waals surface area contributed by atoms with Crippen molar-refractivity contribution in [2.24, 2.45) is 0 Å². The van der Waals surface area contributed by atoms with E-state index in [1.54, 1.807) is 18.2 Å². The molecule has 0 aliphatic rings. The Morgan fingerprint density at radius 3 is 1.41 bits per heavy atom. The molecular weight excluding hydrogens is 556 g/mol. The van der Waals surface area contributed by atoms with E-state index in [0.717, 1.165) is 21.5 Å². The zero-order chi connectivity index (χ0) is 31.1. The number of amides is 2. The van der Waals surface area contributed by atoms with Crippen molar-refractivity contribution in [3.05, 3.63) is 131 Å². The quantitative estimate of drug-likeness (QED) is 0.136. The molecule has 44 heavy (non-hydrogen) atoms. The van der Waals surface area contributed by atoms with Crippen LogP contribution in [0.2, 0.25) is 0 Å². The molecule has 8 heteroatoms. The summed E-state index contributed by atoms with van der Waals surface area (Å²) in [5.74, 6) is -3.84. The van der Waals surface area contributed by atoms with Gasteiger partial charge >= 0.3 is 11.9 Å². The monoisotopic (exact) mass is 580 g/mol. The first kappa shape index (κ1) is 27.9. The fourth-order valence-corrected chi connectivity index (χ4v) is 5.54. The third kappa shape index (κ3) is 4.70. The SMILES string of the molecule is C=Cc1ccc(C(=O)O)c(C(=O)Nc2cc(NC(=O)c3cc(C=C)ccc3C(=O)O)c3ccc4cccc5ccc2c3c54)c1. The highest BCUT2D eigenvalue weighted by Gasteiger charge is 2.22. The number of aromatic carboxylic acids is 2. The third-order valence-corrected chi connectivity index (χ3v) is 7.65. The third-order valence-electron chi connectivity index (χ3n) is 7.65. The van der Waals surface area contributed by atoms with Crippen LogP contribution in [0.25, 0.3) is 44.5 Å². The number of hydrogen-bond donors (Lipinski definition) is 4. The molecule has 0 spiro atoms. The van der Waals surface area contributed by atoms with Crippen LogP contribution in [0.1, 0.15) is 52.6 Å². The Hall–Kier alpha value is -6.28. The van der Waals surface area contributed by atoms with Crippen LogP contribution in [-0.4, -0.2) is 34.0 Å². The van der Waals surface area contributed by atoms with Crippen LogP contribution in [-0.2, 0) is 0 Å². The van der Waals surface area contributed by atoms with E-state index in [1.165, 1.54) is 36.4 Å². The van der Waals surface area contributed by atoms with E-state index in [-0.39, 0.29) is 22.3 Å². The second-order valence-corrected chi connectivity index (χ2v) is 10.2. The molecule has 0 saturated heterocycles. The number of nitrogens with one attached hydrogen (secondary N) is 2. The van der Waals surface area contributed by atoms with Crippen LogP contribution in [0.4, 0.5) is 11.4 Å². The van der Waals surface area contributed by atoms with Crippen molar-refractivity contribution in [2.75, 3.05) is 10.6 Å². The number of anilines is 2. The van der Waals surface area contributed by atoms with Crippen LogP contribution in [0, 0.1) is 0 Å². The molecule has 0 radical (unpaired) electrons. The Balaban J connectivity index is 1.54. The summed E-state index contributed by atoms with van der Waals surface area (Å²) in [6.07, 6.45) is 3.03. The molecule has 0 atom stereocenters. The summed E-state index contributed by atoms with van der Waals surface area (Å²) in [7, 11) is 0. The lowest BCUT2D eigenvalue weighted by molar-refractivity contribution is 0.0683. The first-order valence-corrected chi connectivity index (χ1v) is 13.5. The number of hydrogen-bond acceptors (Lipinski definition) is 4. The number of carbonyl (C=O) groups is 4. The van der Waals surface area contributed by atoms with Gasteiger partial charge < -0.3 is 20.8 Å². The molecule has 0 bridgehead atoms. The standard InChI is InChI=1S/C36H24N2O6/c1-3-19-8-12-23(35(41)42)27(16-19)33(39)37-29-18-30(38-34(40)28-17-20(4-2)9-13-24(28)36(43)44)26-15-11-22-7-5-6-21-10-14-25(29)32(26)31(21)22/h3-18H,1-2H2,(H,37,39)(H,38,40)(H,41,42)(H,43,44). The Morgan fingerprint density at radius 2 is 1.00 bits per heavy atom. The van der Waals surface area contributed by atoms with Crippen LogP contribution in [0.3, 0.4) is 0 Å². The normalized spacial score (nSPS) is 11.0. The van der Waals surface area contributed by atoms with Gasteiger partial charge in [-0.15, -0.1) is 0 Å². The molecule has 0 fully saturated rings. The average molecular weight is 581 g/mol. The molecule has 6 aromatic rings. The molecule has 0 aliphatic carbocycles. The van der Waals surface area contributed by atoms with E-state index in [4.69, 9.17) is 0 Å². The van der Waals surface area contributed by atoms with Crippen LogP contribution < -0.4 is 10.6 Å². The average Bonchev–Trinajstić information content (AvgIpc) is 3.03. The van der Waals surface area contributed by atoms with Crippen LogP contribution >= 0.6 is 0 Å². The highest BCUT2D eigenvalue weighted by molar-refractivity contribution is 6.30. The van der Waals surface area contributed by atoms with Crippen LogP contribution in [0.15, 0.2) is 98.1 Å². The van der Waals surface area contributed by atoms with Gasteiger partial charge in [0.25, 0.3) is 11.8 Å². The molecule has 214 valence electrons. The lowest BCUT2D eigenvalue weighted by atomic mass is 9.92. The highest BCUT2D eigenvalue weighted by Crippen LogP contribution is 2.42. The fourth-order valence-electron chi connectivity index (χ4n) is 5.54. The molecule has 6 aromatic carbocycles. The molecule has 6 rings (SSSR count). The zero-order valence-electron chi connectivity index (χ0n) is 23.2. The van der Waals surface area contributed by atoms with Crippen molar-refractivity contribution in [1.82, 2.24) is 0 Å². The summed E-state index contributed by atoms with van der Waals surface area (Å²) >= 11 is 0. The second-order valence-electron chi connectivity index (χ2n) is 10.2. The van der Waals surface area contributed by atoms with Gasteiger partial charge in [0.05, 0.1) is 33.6 Å². The molecule has 0 heterocycles.